The summed E-state index contributed by atoms with van der Waals surface area (Å²) in [5.41, 5.74) is 10.6. The van der Waals surface area contributed by atoms with E-state index in [1.807, 2.05) is 0 Å². The van der Waals surface area contributed by atoms with Crippen molar-refractivity contribution < 1.29 is 82.8 Å². The summed E-state index contributed by atoms with van der Waals surface area (Å²) in [5.74, 6) is -12.0. The fraction of sp³-hybridized carbons (Fsp3) is 0.745. The Kier molecular flexibility index (Phi) is 35.1. The first kappa shape index (κ1) is 77.7. The van der Waals surface area contributed by atoms with Gasteiger partial charge in [0, 0.05) is 71.2 Å². The molecule has 0 radical (unpaired) electrons. The molecule has 0 aromatic carbocycles. The molecule has 0 spiro atoms. The van der Waals surface area contributed by atoms with Crippen molar-refractivity contribution in [2.24, 2.45) is 34.2 Å². The number of thiol groups is 1. The van der Waals surface area contributed by atoms with Crippen LogP contribution in [0, 0.1) is 17.8 Å². The molecule has 0 saturated carbocycles. The second-order valence-electron chi connectivity index (χ2n) is 23.5. The van der Waals surface area contributed by atoms with Gasteiger partial charge in [-0.25, -0.2) is 4.79 Å². The molecule has 16 N–H and O–H groups in total. The van der Waals surface area contributed by atoms with Crippen molar-refractivity contribution in [1.82, 2.24) is 67.0 Å². The standard InChI is InChI=1S/C55H96N16O17S/c1-32(2)22-37(49(82)59-25-42(72)62-38(23-33(3)4)52(85)65-39(24-34(5)6)51(84)61-35(7)48(81)64-36(54(87)88)10-8-12-58-55(56)57)66-53(86)41-11-9-13-71(41)44(74)26-60-50(83)40(31-89)63-43(73)27-67-14-16-68(28-45(75)76)18-20-70(30-47(79)80)21-19-69(17-15-67)29-46(77)78/h32-41,89H,8-31H2,1-7H3,(H,59,82)(H,60,83)(H,61,84)(H,62,72)(H,63,73)(H,64,81)(H,65,85)(H,66,86)(H,75,76)(H,77,78)(H,79,80)(H,87,88)(H4,56,57,58). The van der Waals surface area contributed by atoms with E-state index in [1.54, 1.807) is 61.1 Å². The number of nitrogens with two attached hydrogens (primary N) is 2. The number of nitrogens with one attached hydrogen (secondary N) is 8. The number of carboxylic acid groups (broad SMARTS) is 4. The third kappa shape index (κ3) is 31.5. The first-order valence-electron chi connectivity index (χ1n) is 29.9. The second-order valence-corrected chi connectivity index (χ2v) is 23.8. The summed E-state index contributed by atoms with van der Waals surface area (Å²) in [6, 6.07) is -8.40. The molecule has 0 aromatic heterocycles. The van der Waals surface area contributed by atoms with E-state index in [9.17, 15) is 82.8 Å². The molecular weight excluding hydrogens is 1190 g/mol. The van der Waals surface area contributed by atoms with Gasteiger partial charge < -0.3 is 79.3 Å². The minimum atomic E-state index is -1.31. The van der Waals surface area contributed by atoms with E-state index in [1.165, 1.54) is 11.8 Å². The Morgan fingerprint density at radius 2 is 0.910 bits per heavy atom. The lowest BCUT2D eigenvalue weighted by atomic mass is 9.99. The molecule has 89 heavy (non-hydrogen) atoms. The Morgan fingerprint density at radius 1 is 0.494 bits per heavy atom. The zero-order valence-electron chi connectivity index (χ0n) is 52.1. The first-order chi connectivity index (χ1) is 41.8. The summed E-state index contributed by atoms with van der Waals surface area (Å²) >= 11 is 4.24. The third-order valence-corrected chi connectivity index (χ3v) is 14.6. The van der Waals surface area contributed by atoms with E-state index in [4.69, 9.17) is 11.5 Å². The molecule has 2 aliphatic heterocycles. The minimum Gasteiger partial charge on any atom is -0.480 e. The number of amides is 9. The van der Waals surface area contributed by atoms with Gasteiger partial charge in [-0.3, -0.25) is 82.1 Å². The molecule has 2 rings (SSSR count). The quantitative estimate of drug-likeness (QED) is 0.0121. The summed E-state index contributed by atoms with van der Waals surface area (Å²) in [4.78, 5) is 180. The molecule has 504 valence electrons. The number of carboxylic acids is 4. The van der Waals surface area contributed by atoms with Crippen molar-refractivity contribution >= 4 is 95.6 Å². The first-order valence-corrected chi connectivity index (χ1v) is 30.5. The molecule has 2 saturated heterocycles. The highest BCUT2D eigenvalue weighted by Gasteiger charge is 2.37. The molecule has 34 heteroatoms. The Bertz CT molecular complexity index is 2420. The fourth-order valence-electron chi connectivity index (χ4n) is 9.77. The topological polar surface area (TPSA) is 480 Å². The number of carbonyl (C=O) groups excluding carboxylic acids is 9. The minimum absolute atomic E-state index is 0.00803. The number of guanidine groups is 1. The van der Waals surface area contributed by atoms with Gasteiger partial charge in [-0.05, 0) is 69.6 Å². The number of rotatable bonds is 36. The highest BCUT2D eigenvalue weighted by Crippen LogP contribution is 2.19. The lowest BCUT2D eigenvalue weighted by Crippen LogP contribution is -2.58. The van der Waals surface area contributed by atoms with Crippen molar-refractivity contribution in [3.8, 4) is 0 Å². The van der Waals surface area contributed by atoms with Crippen LogP contribution in [0.15, 0.2) is 4.99 Å². The molecule has 2 heterocycles. The predicted molar refractivity (Wildman–Crippen MR) is 326 cm³/mol. The van der Waals surface area contributed by atoms with Crippen molar-refractivity contribution in [2.75, 3.05) is 110 Å². The lowest BCUT2D eigenvalue weighted by molar-refractivity contribution is -0.142. The van der Waals surface area contributed by atoms with Gasteiger partial charge in [0.05, 0.1) is 39.3 Å². The molecular formula is C55H96N16O17S. The number of hydrogen-bond donors (Lipinski definition) is 15. The van der Waals surface area contributed by atoms with Crippen LogP contribution in [-0.2, 0) is 62.3 Å². The van der Waals surface area contributed by atoms with Crippen LogP contribution in [0.4, 0.5) is 0 Å². The molecule has 2 aliphatic rings. The predicted octanol–water partition coefficient (Wildman–Crippen LogP) is -5.18. The van der Waals surface area contributed by atoms with Gasteiger partial charge in [0.1, 0.15) is 42.3 Å². The average molecular weight is 1290 g/mol. The SMILES string of the molecule is CC(C)CC(NC(=O)CNC(=O)C(CC(C)C)NC(=O)C1CCCN1C(=O)CNC(=O)C(CS)NC(=O)CN1CCN(CC(=O)O)CCN(CC(=O)O)CCN(CC(=O)O)CC1)C(=O)NC(CC(C)C)C(=O)NC(C)C(=O)NC(CCCN=C(N)N)C(=O)O. The molecule has 2 fully saturated rings. The Balaban J connectivity index is 2.09. The van der Waals surface area contributed by atoms with Crippen LogP contribution in [0.2, 0.25) is 0 Å². The zero-order valence-corrected chi connectivity index (χ0v) is 53.0. The Labute approximate surface area is 524 Å². The maximum atomic E-state index is 13.9. The largest absolute Gasteiger partial charge is 0.480 e. The van der Waals surface area contributed by atoms with Crippen molar-refractivity contribution in [2.45, 2.75) is 136 Å². The van der Waals surface area contributed by atoms with Crippen molar-refractivity contribution in [3.63, 3.8) is 0 Å². The number of aliphatic imine (C=N–C) groups is 1. The van der Waals surface area contributed by atoms with E-state index in [-0.39, 0.29) is 160 Å². The molecule has 7 unspecified atom stereocenters. The van der Waals surface area contributed by atoms with Gasteiger partial charge in [-0.2, -0.15) is 12.6 Å². The van der Waals surface area contributed by atoms with Gasteiger partial charge in [0.15, 0.2) is 5.96 Å². The molecule has 0 aliphatic carbocycles. The van der Waals surface area contributed by atoms with E-state index >= 15 is 0 Å². The Hall–Kier alpha value is -7.43. The van der Waals surface area contributed by atoms with Crippen LogP contribution < -0.4 is 54.0 Å². The fourth-order valence-corrected chi connectivity index (χ4v) is 10.0. The normalized spacial score (nSPS) is 17.7. The number of likely N-dealkylation sites (tertiary alicyclic amines) is 1. The van der Waals surface area contributed by atoms with Crippen LogP contribution in [0.5, 0.6) is 0 Å². The summed E-state index contributed by atoms with van der Waals surface area (Å²) in [7, 11) is 0. The van der Waals surface area contributed by atoms with Crippen LogP contribution in [0.1, 0.15) is 93.4 Å². The van der Waals surface area contributed by atoms with Crippen LogP contribution in [0.25, 0.3) is 0 Å². The number of nitrogens with zero attached hydrogens (tertiary/aromatic N) is 6. The smallest absolute Gasteiger partial charge is 0.326 e. The van der Waals surface area contributed by atoms with E-state index in [0.29, 0.717) is 6.42 Å². The molecule has 33 nitrogen and oxygen atoms in total. The summed E-state index contributed by atoms with van der Waals surface area (Å²) in [6.07, 6.45) is 1.18. The van der Waals surface area contributed by atoms with Gasteiger partial charge >= 0.3 is 23.9 Å². The Morgan fingerprint density at radius 3 is 1.36 bits per heavy atom. The highest BCUT2D eigenvalue weighted by atomic mass is 32.1. The number of carbonyl (C=O) groups is 13. The van der Waals surface area contributed by atoms with E-state index < -0.39 is 132 Å². The summed E-state index contributed by atoms with van der Waals surface area (Å²) in [6.45, 7) is 11.1. The van der Waals surface area contributed by atoms with Crippen LogP contribution >= 0.6 is 12.6 Å². The van der Waals surface area contributed by atoms with Crippen molar-refractivity contribution in [1.29, 1.82) is 0 Å². The highest BCUT2D eigenvalue weighted by molar-refractivity contribution is 7.80. The monoisotopic (exact) mass is 1280 g/mol. The summed E-state index contributed by atoms with van der Waals surface area (Å²) in [5, 5.41) is 58.7. The molecule has 9 amide bonds. The van der Waals surface area contributed by atoms with Gasteiger partial charge in [-0.1, -0.05) is 41.5 Å². The van der Waals surface area contributed by atoms with Crippen LogP contribution in [-0.4, -0.2) is 281 Å². The van der Waals surface area contributed by atoms with E-state index in [2.05, 4.69) is 60.2 Å². The number of hydrogen-bond acceptors (Lipinski definition) is 19. The van der Waals surface area contributed by atoms with E-state index in [0.717, 1.165) is 0 Å². The lowest BCUT2D eigenvalue weighted by Gasteiger charge is -2.33. The average Bonchev–Trinajstić information content (AvgIpc) is 3.28. The maximum Gasteiger partial charge on any atom is 0.326 e. The summed E-state index contributed by atoms with van der Waals surface area (Å²) < 4.78 is 0. The van der Waals surface area contributed by atoms with Crippen LogP contribution in [0.3, 0.4) is 0 Å². The van der Waals surface area contributed by atoms with Gasteiger partial charge in [0.2, 0.25) is 53.2 Å². The molecule has 0 aromatic rings. The molecule has 0 bridgehead atoms. The third-order valence-electron chi connectivity index (χ3n) is 14.3. The molecule has 7 atom stereocenters. The second kappa shape index (κ2) is 40.3. The van der Waals surface area contributed by atoms with Crippen molar-refractivity contribution in [3.05, 3.63) is 0 Å². The zero-order chi connectivity index (χ0) is 67.1. The maximum absolute atomic E-state index is 13.9. The van der Waals surface area contributed by atoms with Gasteiger partial charge in [-0.15, -0.1) is 0 Å². The number of aliphatic carboxylic acids is 4. The van der Waals surface area contributed by atoms with Gasteiger partial charge in [0.25, 0.3) is 0 Å².